The predicted octanol–water partition coefficient (Wildman–Crippen LogP) is 5.96. The highest BCUT2D eigenvalue weighted by atomic mass is 79.9. The monoisotopic (exact) mass is 366 g/mol. The quantitative estimate of drug-likeness (QED) is 0.608. The van der Waals surface area contributed by atoms with Crippen molar-refractivity contribution < 1.29 is 13.5 Å². The molecule has 0 aliphatic heterocycles. The third-order valence-electron chi connectivity index (χ3n) is 2.34. The van der Waals surface area contributed by atoms with Crippen molar-refractivity contribution in [2.75, 3.05) is 0 Å². The van der Waals surface area contributed by atoms with Crippen LogP contribution in [-0.4, -0.2) is 0 Å². The van der Waals surface area contributed by atoms with Gasteiger partial charge in [-0.2, -0.15) is 0 Å². The molecular formula is C13H7BrCl2F2O. The van der Waals surface area contributed by atoms with E-state index in [0.29, 0.717) is 10.9 Å². The maximum Gasteiger partial charge on any atom is 0.198 e. The maximum absolute atomic E-state index is 13.8. The average Bonchev–Trinajstić information content (AvgIpc) is 2.38. The third kappa shape index (κ3) is 3.19. The van der Waals surface area contributed by atoms with Crippen LogP contribution in [0.15, 0.2) is 30.3 Å². The second-order valence-corrected chi connectivity index (χ2v) is 5.02. The number of halogens is 5. The maximum atomic E-state index is 13.8. The zero-order chi connectivity index (χ0) is 14.0. The van der Waals surface area contributed by atoms with E-state index in [1.165, 1.54) is 18.2 Å². The second kappa shape index (κ2) is 6.07. The van der Waals surface area contributed by atoms with Crippen molar-refractivity contribution in [3.05, 3.63) is 57.6 Å². The summed E-state index contributed by atoms with van der Waals surface area (Å²) in [7, 11) is 0. The van der Waals surface area contributed by atoms with Gasteiger partial charge in [0, 0.05) is 5.33 Å². The van der Waals surface area contributed by atoms with E-state index in [1.54, 1.807) is 12.1 Å². The van der Waals surface area contributed by atoms with Crippen LogP contribution in [0.3, 0.4) is 0 Å². The Hall–Kier alpha value is -0.840. The Labute approximate surface area is 127 Å². The van der Waals surface area contributed by atoms with Crippen molar-refractivity contribution in [3.8, 4) is 11.5 Å². The molecule has 0 heterocycles. The summed E-state index contributed by atoms with van der Waals surface area (Å²) < 4.78 is 32.7. The summed E-state index contributed by atoms with van der Waals surface area (Å²) in [5.41, 5.74) is 0.472. The van der Waals surface area contributed by atoms with Gasteiger partial charge in [-0.1, -0.05) is 45.2 Å². The molecule has 0 amide bonds. The molecule has 0 unspecified atom stereocenters. The van der Waals surface area contributed by atoms with Gasteiger partial charge in [-0.05, 0) is 29.8 Å². The van der Waals surface area contributed by atoms with Gasteiger partial charge in [0.2, 0.25) is 0 Å². The SMILES string of the molecule is Fc1cc(CBr)cc(F)c1Oc1cccc(Cl)c1Cl. The molecule has 19 heavy (non-hydrogen) atoms. The van der Waals surface area contributed by atoms with Gasteiger partial charge >= 0.3 is 0 Å². The third-order valence-corrected chi connectivity index (χ3v) is 3.79. The number of ether oxygens (including phenoxy) is 1. The van der Waals surface area contributed by atoms with Crippen LogP contribution in [0, 0.1) is 11.6 Å². The second-order valence-electron chi connectivity index (χ2n) is 3.68. The van der Waals surface area contributed by atoms with Gasteiger partial charge in [0.15, 0.2) is 17.4 Å². The molecule has 0 N–H and O–H groups in total. The molecule has 2 aromatic rings. The Morgan fingerprint density at radius 2 is 1.74 bits per heavy atom. The number of rotatable bonds is 3. The Morgan fingerprint density at radius 3 is 2.32 bits per heavy atom. The number of hydrogen-bond donors (Lipinski definition) is 0. The molecule has 0 saturated heterocycles. The summed E-state index contributed by atoms with van der Waals surface area (Å²) >= 11 is 14.8. The number of hydrogen-bond acceptors (Lipinski definition) is 1. The molecular weight excluding hydrogens is 361 g/mol. The van der Waals surface area contributed by atoms with Crippen molar-refractivity contribution in [1.82, 2.24) is 0 Å². The molecule has 0 saturated carbocycles. The molecule has 6 heteroatoms. The fourth-order valence-corrected chi connectivity index (χ4v) is 2.11. The highest BCUT2D eigenvalue weighted by Gasteiger charge is 2.15. The first-order chi connectivity index (χ1) is 9.02. The lowest BCUT2D eigenvalue weighted by atomic mass is 10.2. The Morgan fingerprint density at radius 1 is 1.11 bits per heavy atom. The van der Waals surface area contributed by atoms with E-state index < -0.39 is 17.4 Å². The van der Waals surface area contributed by atoms with E-state index in [9.17, 15) is 8.78 Å². The fraction of sp³-hybridized carbons (Fsp3) is 0.0769. The Bertz CT molecular complexity index is 597. The highest BCUT2D eigenvalue weighted by molar-refractivity contribution is 9.08. The van der Waals surface area contributed by atoms with E-state index in [4.69, 9.17) is 27.9 Å². The lowest BCUT2D eigenvalue weighted by molar-refractivity contribution is 0.407. The molecule has 0 atom stereocenters. The molecule has 100 valence electrons. The molecule has 0 fully saturated rings. The topological polar surface area (TPSA) is 9.23 Å². The first-order valence-corrected chi connectivity index (χ1v) is 7.06. The Kier molecular flexibility index (Phi) is 4.66. The van der Waals surface area contributed by atoms with Crippen LogP contribution in [0.2, 0.25) is 10.0 Å². The first-order valence-electron chi connectivity index (χ1n) is 5.18. The molecule has 0 aliphatic carbocycles. The van der Waals surface area contributed by atoms with Crippen LogP contribution in [0.25, 0.3) is 0 Å². The van der Waals surface area contributed by atoms with Gasteiger partial charge < -0.3 is 4.74 Å². The zero-order valence-electron chi connectivity index (χ0n) is 9.39. The summed E-state index contributed by atoms with van der Waals surface area (Å²) in [6.07, 6.45) is 0. The predicted molar refractivity (Wildman–Crippen MR) is 75.5 cm³/mol. The minimum Gasteiger partial charge on any atom is -0.450 e. The summed E-state index contributed by atoms with van der Waals surface area (Å²) in [5.74, 6) is -2.01. The number of benzene rings is 2. The molecule has 2 aromatic carbocycles. The van der Waals surface area contributed by atoms with Gasteiger partial charge in [-0.15, -0.1) is 0 Å². The number of alkyl halides is 1. The van der Waals surface area contributed by atoms with Crippen LogP contribution >= 0.6 is 39.1 Å². The zero-order valence-corrected chi connectivity index (χ0v) is 12.5. The molecule has 2 rings (SSSR count). The lowest BCUT2D eigenvalue weighted by Crippen LogP contribution is -1.95. The standard InChI is InChI=1S/C13H7BrCl2F2O/c14-6-7-4-9(17)13(10(18)5-7)19-11-3-1-2-8(15)12(11)16/h1-5H,6H2. The van der Waals surface area contributed by atoms with Crippen molar-refractivity contribution in [3.63, 3.8) is 0 Å². The van der Waals surface area contributed by atoms with Crippen molar-refractivity contribution in [2.45, 2.75) is 5.33 Å². The van der Waals surface area contributed by atoms with Crippen molar-refractivity contribution in [2.24, 2.45) is 0 Å². The van der Waals surface area contributed by atoms with Gasteiger partial charge in [0.25, 0.3) is 0 Å². The largest absolute Gasteiger partial charge is 0.450 e. The highest BCUT2D eigenvalue weighted by Crippen LogP contribution is 2.36. The van der Waals surface area contributed by atoms with Crippen molar-refractivity contribution in [1.29, 1.82) is 0 Å². The van der Waals surface area contributed by atoms with E-state index in [2.05, 4.69) is 15.9 Å². The Balaban J connectivity index is 2.41. The van der Waals surface area contributed by atoms with Crippen LogP contribution in [0.1, 0.15) is 5.56 Å². The molecule has 0 aromatic heterocycles. The summed E-state index contributed by atoms with van der Waals surface area (Å²) in [6.45, 7) is 0. The van der Waals surface area contributed by atoms with Gasteiger partial charge in [0.05, 0.1) is 5.02 Å². The van der Waals surface area contributed by atoms with Crippen molar-refractivity contribution >= 4 is 39.1 Å². The van der Waals surface area contributed by atoms with Crippen LogP contribution in [0.4, 0.5) is 8.78 Å². The van der Waals surface area contributed by atoms with E-state index >= 15 is 0 Å². The molecule has 0 radical (unpaired) electrons. The average molecular weight is 368 g/mol. The van der Waals surface area contributed by atoms with E-state index in [-0.39, 0.29) is 15.8 Å². The van der Waals surface area contributed by atoms with Crippen LogP contribution < -0.4 is 4.74 Å². The molecule has 0 aliphatic rings. The molecule has 0 spiro atoms. The van der Waals surface area contributed by atoms with Gasteiger partial charge in [0.1, 0.15) is 10.8 Å². The minimum atomic E-state index is -0.800. The van der Waals surface area contributed by atoms with E-state index in [1.807, 2.05) is 0 Å². The molecule has 1 nitrogen and oxygen atoms in total. The lowest BCUT2D eigenvalue weighted by Gasteiger charge is -2.11. The first kappa shape index (κ1) is 14.6. The van der Waals surface area contributed by atoms with Crippen LogP contribution in [-0.2, 0) is 5.33 Å². The van der Waals surface area contributed by atoms with E-state index in [0.717, 1.165) is 0 Å². The summed E-state index contributed by atoms with van der Waals surface area (Å²) in [5, 5.41) is 0.698. The summed E-state index contributed by atoms with van der Waals surface area (Å²) in [4.78, 5) is 0. The smallest absolute Gasteiger partial charge is 0.198 e. The van der Waals surface area contributed by atoms with Gasteiger partial charge in [-0.3, -0.25) is 0 Å². The molecule has 0 bridgehead atoms. The van der Waals surface area contributed by atoms with Gasteiger partial charge in [-0.25, -0.2) is 8.78 Å². The van der Waals surface area contributed by atoms with Crippen LogP contribution in [0.5, 0.6) is 11.5 Å². The summed E-state index contributed by atoms with van der Waals surface area (Å²) in [6, 6.07) is 6.98. The minimum absolute atomic E-state index is 0.0959. The normalized spacial score (nSPS) is 10.6. The fourth-order valence-electron chi connectivity index (χ4n) is 1.46.